The van der Waals surface area contributed by atoms with E-state index < -0.39 is 36.7 Å². The van der Waals surface area contributed by atoms with Gasteiger partial charge in [0.25, 0.3) is 0 Å². The molecule has 134 valence electrons. The van der Waals surface area contributed by atoms with Crippen molar-refractivity contribution in [2.75, 3.05) is 6.61 Å². The Kier molecular flexibility index (Phi) is 5.06. The van der Waals surface area contributed by atoms with Crippen molar-refractivity contribution in [2.24, 2.45) is 0 Å². The second-order valence-corrected chi connectivity index (χ2v) is 6.88. The lowest BCUT2D eigenvalue weighted by atomic mass is 9.77. The normalized spacial score (nSPS) is 19.8. The van der Waals surface area contributed by atoms with Crippen molar-refractivity contribution in [3.63, 3.8) is 0 Å². The van der Waals surface area contributed by atoms with E-state index in [9.17, 15) is 18.3 Å². The molecular weight excluding hydrogens is 334 g/mol. The molecule has 0 bridgehead atoms. The van der Waals surface area contributed by atoms with Gasteiger partial charge in [-0.1, -0.05) is 12.1 Å². The molecular formula is C17H19BF3NO3. The zero-order chi connectivity index (χ0) is 19.0. The lowest BCUT2D eigenvalue weighted by molar-refractivity contribution is -0.137. The third-order valence-corrected chi connectivity index (χ3v) is 4.57. The first-order chi connectivity index (χ1) is 11.4. The monoisotopic (exact) mass is 353 g/mol. The third-order valence-electron chi connectivity index (χ3n) is 4.57. The summed E-state index contributed by atoms with van der Waals surface area (Å²) < 4.78 is 51.4. The molecule has 0 radical (unpaired) electrons. The fourth-order valence-corrected chi connectivity index (χ4v) is 2.38. The summed E-state index contributed by atoms with van der Waals surface area (Å²) in [7, 11) is -0.952. The fourth-order valence-electron chi connectivity index (χ4n) is 2.38. The first-order valence-corrected chi connectivity index (χ1v) is 7.69. The molecule has 0 spiro atoms. The number of nitriles is 1. The van der Waals surface area contributed by atoms with E-state index in [-0.39, 0.29) is 16.6 Å². The van der Waals surface area contributed by atoms with Crippen LogP contribution in [0, 0.1) is 11.3 Å². The Morgan fingerprint density at radius 2 is 1.80 bits per heavy atom. The maximum absolute atomic E-state index is 13.3. The van der Waals surface area contributed by atoms with Gasteiger partial charge in [0, 0.05) is 0 Å². The van der Waals surface area contributed by atoms with Gasteiger partial charge in [-0.05, 0) is 50.9 Å². The van der Waals surface area contributed by atoms with Crippen molar-refractivity contribution in [2.45, 2.75) is 45.1 Å². The molecule has 0 saturated carbocycles. The van der Waals surface area contributed by atoms with Crippen LogP contribution in [0.4, 0.5) is 13.2 Å². The Balaban J connectivity index is 2.47. The standard InChI is InChI=1S/C17H19BF3NO3/c1-15(2)16(3,4)25-18(24-15)13(10-23)8-12-6-5-11(9-22)7-14(12)17(19,20)21/h5-8,23H,10H2,1-4H3. The smallest absolute Gasteiger partial charge is 0.400 e. The van der Waals surface area contributed by atoms with Crippen LogP contribution in [0.2, 0.25) is 0 Å². The van der Waals surface area contributed by atoms with Gasteiger partial charge in [0.05, 0.1) is 35.0 Å². The molecule has 25 heavy (non-hydrogen) atoms. The van der Waals surface area contributed by atoms with Crippen molar-refractivity contribution in [3.8, 4) is 6.07 Å². The summed E-state index contributed by atoms with van der Waals surface area (Å²) in [5.41, 5.74) is -2.38. The molecule has 1 saturated heterocycles. The molecule has 0 unspecified atom stereocenters. The van der Waals surface area contributed by atoms with Crippen LogP contribution in [0.1, 0.15) is 44.4 Å². The number of aliphatic hydroxyl groups excluding tert-OH is 1. The van der Waals surface area contributed by atoms with Crippen molar-refractivity contribution < 1.29 is 27.6 Å². The minimum atomic E-state index is -4.63. The number of halogens is 3. The van der Waals surface area contributed by atoms with Gasteiger partial charge in [0.15, 0.2) is 0 Å². The Morgan fingerprint density at radius 3 is 2.24 bits per heavy atom. The first-order valence-electron chi connectivity index (χ1n) is 7.69. The van der Waals surface area contributed by atoms with E-state index in [4.69, 9.17) is 14.6 Å². The molecule has 1 aromatic carbocycles. The van der Waals surface area contributed by atoms with Crippen LogP contribution in [0.25, 0.3) is 6.08 Å². The Bertz CT molecular complexity index is 720. The summed E-state index contributed by atoms with van der Waals surface area (Å²) in [5, 5.41) is 18.4. The number of rotatable bonds is 3. The van der Waals surface area contributed by atoms with Crippen molar-refractivity contribution >= 4 is 13.2 Å². The number of aliphatic hydroxyl groups is 1. The van der Waals surface area contributed by atoms with Crippen molar-refractivity contribution in [3.05, 3.63) is 40.4 Å². The van der Waals surface area contributed by atoms with Crippen LogP contribution < -0.4 is 0 Å². The number of nitrogens with zero attached hydrogens (tertiary/aromatic N) is 1. The van der Waals surface area contributed by atoms with Crippen LogP contribution in [-0.4, -0.2) is 30.0 Å². The summed E-state index contributed by atoms with van der Waals surface area (Å²) in [4.78, 5) is 0. The molecule has 8 heteroatoms. The average Bonchev–Trinajstić information content (AvgIpc) is 2.71. The Morgan fingerprint density at radius 1 is 1.24 bits per heavy atom. The molecule has 1 aliphatic heterocycles. The van der Waals surface area contributed by atoms with Gasteiger partial charge >= 0.3 is 13.3 Å². The summed E-state index contributed by atoms with van der Waals surface area (Å²) in [6.07, 6.45) is -3.43. The lowest BCUT2D eigenvalue weighted by Crippen LogP contribution is -2.41. The first kappa shape index (κ1) is 19.5. The summed E-state index contributed by atoms with van der Waals surface area (Å²) in [6.45, 7) is 6.72. The molecule has 0 aliphatic carbocycles. The van der Waals surface area contributed by atoms with Crippen molar-refractivity contribution in [1.82, 2.24) is 0 Å². The Labute approximate surface area is 145 Å². The minimum absolute atomic E-state index is 0.0920. The van der Waals surface area contributed by atoms with E-state index in [1.165, 1.54) is 18.2 Å². The molecule has 1 aliphatic rings. The maximum Gasteiger partial charge on any atom is 0.492 e. The molecule has 1 fully saturated rings. The lowest BCUT2D eigenvalue weighted by Gasteiger charge is -2.32. The average molecular weight is 353 g/mol. The zero-order valence-electron chi connectivity index (χ0n) is 14.4. The van der Waals surface area contributed by atoms with E-state index in [0.29, 0.717) is 0 Å². The number of benzene rings is 1. The van der Waals surface area contributed by atoms with Gasteiger partial charge < -0.3 is 14.4 Å². The van der Waals surface area contributed by atoms with Crippen LogP contribution >= 0.6 is 0 Å². The molecule has 4 nitrogen and oxygen atoms in total. The second kappa shape index (κ2) is 6.48. The van der Waals surface area contributed by atoms with Crippen LogP contribution in [0.15, 0.2) is 23.7 Å². The molecule has 2 rings (SSSR count). The minimum Gasteiger partial charge on any atom is -0.400 e. The SMILES string of the molecule is CC1(C)OB(C(=Cc2ccc(C#N)cc2C(F)(F)F)CO)OC1(C)C. The van der Waals surface area contributed by atoms with E-state index in [0.717, 1.165) is 6.07 Å². The molecule has 1 N–H and O–H groups in total. The van der Waals surface area contributed by atoms with E-state index in [2.05, 4.69) is 0 Å². The van der Waals surface area contributed by atoms with Crippen LogP contribution in [-0.2, 0) is 15.5 Å². The summed E-state index contributed by atoms with van der Waals surface area (Å²) in [6, 6.07) is 4.96. The molecule has 1 heterocycles. The van der Waals surface area contributed by atoms with Crippen molar-refractivity contribution in [1.29, 1.82) is 5.26 Å². The van der Waals surface area contributed by atoms with Gasteiger partial charge in [0.2, 0.25) is 0 Å². The molecule has 0 amide bonds. The van der Waals surface area contributed by atoms with Gasteiger partial charge in [-0.2, -0.15) is 18.4 Å². The van der Waals surface area contributed by atoms with Crippen LogP contribution in [0.3, 0.4) is 0 Å². The highest BCUT2D eigenvalue weighted by Gasteiger charge is 2.52. The highest BCUT2D eigenvalue weighted by atomic mass is 19.4. The van der Waals surface area contributed by atoms with Gasteiger partial charge in [-0.15, -0.1) is 0 Å². The fraction of sp³-hybridized carbons (Fsp3) is 0.471. The molecule has 0 aromatic heterocycles. The Hall–Kier alpha value is -1.82. The van der Waals surface area contributed by atoms with Crippen LogP contribution in [0.5, 0.6) is 0 Å². The molecule has 1 aromatic rings. The predicted molar refractivity (Wildman–Crippen MR) is 87.3 cm³/mol. The maximum atomic E-state index is 13.3. The third kappa shape index (κ3) is 3.89. The zero-order valence-corrected chi connectivity index (χ0v) is 14.4. The second-order valence-electron chi connectivity index (χ2n) is 6.88. The number of alkyl halides is 3. The number of hydrogen-bond donors (Lipinski definition) is 1. The molecule has 0 atom stereocenters. The number of hydrogen-bond acceptors (Lipinski definition) is 4. The van der Waals surface area contributed by atoms with Gasteiger partial charge in [-0.25, -0.2) is 0 Å². The van der Waals surface area contributed by atoms with Gasteiger partial charge in [0.1, 0.15) is 0 Å². The summed E-state index contributed by atoms with van der Waals surface area (Å²) in [5.74, 6) is 0. The van der Waals surface area contributed by atoms with E-state index in [1.54, 1.807) is 6.07 Å². The summed E-state index contributed by atoms with van der Waals surface area (Å²) >= 11 is 0. The topological polar surface area (TPSA) is 62.5 Å². The highest BCUT2D eigenvalue weighted by molar-refractivity contribution is 6.55. The van der Waals surface area contributed by atoms with E-state index in [1.807, 2.05) is 27.7 Å². The predicted octanol–water partition coefficient (Wildman–Crippen LogP) is 3.58. The largest absolute Gasteiger partial charge is 0.492 e. The quantitative estimate of drug-likeness (QED) is 0.844. The highest BCUT2D eigenvalue weighted by Crippen LogP contribution is 2.39. The van der Waals surface area contributed by atoms with E-state index >= 15 is 0 Å². The van der Waals surface area contributed by atoms with Gasteiger partial charge in [-0.3, -0.25) is 0 Å².